The third kappa shape index (κ3) is 3.47. The topological polar surface area (TPSA) is 0 Å². The van der Waals surface area contributed by atoms with Gasteiger partial charge in [0.1, 0.15) is 0 Å². The molecule has 7 rings (SSSR count). The molecule has 36 heavy (non-hydrogen) atoms. The molecule has 0 saturated carbocycles. The predicted molar refractivity (Wildman–Crippen MR) is 155 cm³/mol. The van der Waals surface area contributed by atoms with Crippen LogP contribution >= 0.6 is 0 Å². The first-order valence-corrected chi connectivity index (χ1v) is 12.4. The number of rotatable bonds is 3. The van der Waals surface area contributed by atoms with Gasteiger partial charge in [0.25, 0.3) is 0 Å². The van der Waals surface area contributed by atoms with Crippen LogP contribution in [0.4, 0.5) is 0 Å². The second kappa shape index (κ2) is 8.52. The van der Waals surface area contributed by atoms with Crippen molar-refractivity contribution < 1.29 is 0 Å². The Morgan fingerprint density at radius 2 is 0.889 bits per heavy atom. The highest BCUT2D eigenvalue weighted by Gasteiger charge is 2.12. The zero-order chi connectivity index (χ0) is 23.9. The summed E-state index contributed by atoms with van der Waals surface area (Å²) in [4.78, 5) is 0. The maximum absolute atomic E-state index is 2.36. The van der Waals surface area contributed by atoms with Gasteiger partial charge in [-0.1, -0.05) is 127 Å². The molecule has 168 valence electrons. The molecule has 0 radical (unpaired) electrons. The molecule has 0 atom stereocenters. The Morgan fingerprint density at radius 3 is 1.75 bits per heavy atom. The molecule has 0 heterocycles. The second-order valence-electron chi connectivity index (χ2n) is 9.38. The number of hydrogen-bond donors (Lipinski definition) is 0. The minimum Gasteiger partial charge on any atom is -0.0622 e. The quantitative estimate of drug-likeness (QED) is 0.232. The predicted octanol–water partition coefficient (Wildman–Crippen LogP) is 10.1. The van der Waals surface area contributed by atoms with Gasteiger partial charge < -0.3 is 0 Å². The van der Waals surface area contributed by atoms with Crippen LogP contribution in [-0.2, 0) is 0 Å². The smallest absolute Gasteiger partial charge is 0.00928 e. The SMILES string of the molecule is c1ccc(-c2ccc3c(c2)c(-c2cccc(-c4cccc5ccccc45)c2)cc2ccccc23)cc1. The van der Waals surface area contributed by atoms with E-state index in [1.54, 1.807) is 0 Å². The average Bonchev–Trinajstić information content (AvgIpc) is 2.96. The standard InChI is InChI=1S/C36H24/c1-2-10-25(11-3-1)27-20-21-34-33-18-7-5-13-30(33)24-35(36(34)23-27)29-16-8-15-28(22-29)32-19-9-14-26-12-4-6-17-31(26)32/h1-24H. The fourth-order valence-electron chi connectivity index (χ4n) is 5.48. The van der Waals surface area contributed by atoms with Gasteiger partial charge in [-0.15, -0.1) is 0 Å². The summed E-state index contributed by atoms with van der Waals surface area (Å²) < 4.78 is 0. The van der Waals surface area contributed by atoms with Crippen molar-refractivity contribution >= 4 is 32.3 Å². The lowest BCUT2D eigenvalue weighted by molar-refractivity contribution is 1.62. The molecule has 0 aliphatic heterocycles. The molecule has 0 unspecified atom stereocenters. The molecule has 0 fully saturated rings. The van der Waals surface area contributed by atoms with Crippen LogP contribution in [0.1, 0.15) is 0 Å². The normalized spacial score (nSPS) is 11.3. The van der Waals surface area contributed by atoms with Crippen LogP contribution in [-0.4, -0.2) is 0 Å². The van der Waals surface area contributed by atoms with E-state index in [9.17, 15) is 0 Å². The van der Waals surface area contributed by atoms with Crippen LogP contribution in [0.5, 0.6) is 0 Å². The molecule has 0 saturated heterocycles. The Hall–Kier alpha value is -4.68. The Labute approximate surface area is 211 Å². The third-order valence-corrected chi connectivity index (χ3v) is 7.24. The molecule has 0 aliphatic rings. The van der Waals surface area contributed by atoms with Gasteiger partial charge >= 0.3 is 0 Å². The van der Waals surface area contributed by atoms with Crippen LogP contribution in [0.3, 0.4) is 0 Å². The first-order valence-electron chi connectivity index (χ1n) is 12.4. The summed E-state index contributed by atoms with van der Waals surface area (Å²) in [6.07, 6.45) is 0. The molecule has 0 N–H and O–H groups in total. The van der Waals surface area contributed by atoms with Gasteiger partial charge in [-0.05, 0) is 83.9 Å². The second-order valence-corrected chi connectivity index (χ2v) is 9.38. The highest BCUT2D eigenvalue weighted by atomic mass is 14.2. The Balaban J connectivity index is 1.49. The zero-order valence-corrected chi connectivity index (χ0v) is 19.9. The lowest BCUT2D eigenvalue weighted by atomic mass is 9.89. The third-order valence-electron chi connectivity index (χ3n) is 7.24. The fourth-order valence-corrected chi connectivity index (χ4v) is 5.48. The highest BCUT2D eigenvalue weighted by molar-refractivity contribution is 6.15. The van der Waals surface area contributed by atoms with E-state index in [2.05, 4.69) is 146 Å². The maximum Gasteiger partial charge on any atom is -0.00928 e. The van der Waals surface area contributed by atoms with Crippen molar-refractivity contribution in [2.75, 3.05) is 0 Å². The van der Waals surface area contributed by atoms with Gasteiger partial charge in [0.05, 0.1) is 0 Å². The highest BCUT2D eigenvalue weighted by Crippen LogP contribution is 2.39. The summed E-state index contributed by atoms with van der Waals surface area (Å²) in [7, 11) is 0. The Morgan fingerprint density at radius 1 is 0.250 bits per heavy atom. The van der Waals surface area contributed by atoms with Crippen LogP contribution < -0.4 is 0 Å². The van der Waals surface area contributed by atoms with E-state index in [0.717, 1.165) is 0 Å². The molecule has 0 heteroatoms. The van der Waals surface area contributed by atoms with Gasteiger partial charge in [-0.2, -0.15) is 0 Å². The van der Waals surface area contributed by atoms with E-state index in [1.165, 1.54) is 65.7 Å². The summed E-state index contributed by atoms with van der Waals surface area (Å²) in [5, 5.41) is 7.68. The number of fused-ring (bicyclic) bond motifs is 4. The Bertz CT molecular complexity index is 1870. The van der Waals surface area contributed by atoms with E-state index in [4.69, 9.17) is 0 Å². The molecule has 0 nitrogen and oxygen atoms in total. The summed E-state index contributed by atoms with van der Waals surface area (Å²) in [5.74, 6) is 0. The first-order chi connectivity index (χ1) is 17.8. The van der Waals surface area contributed by atoms with Crippen molar-refractivity contribution in [2.45, 2.75) is 0 Å². The summed E-state index contributed by atoms with van der Waals surface area (Å²) >= 11 is 0. The Kier molecular flexibility index (Phi) is 4.89. The van der Waals surface area contributed by atoms with Crippen molar-refractivity contribution in [1.29, 1.82) is 0 Å². The van der Waals surface area contributed by atoms with Crippen molar-refractivity contribution in [3.8, 4) is 33.4 Å². The molecule has 0 aliphatic carbocycles. The van der Waals surface area contributed by atoms with Crippen molar-refractivity contribution in [3.63, 3.8) is 0 Å². The molecule has 0 aromatic heterocycles. The van der Waals surface area contributed by atoms with Crippen molar-refractivity contribution in [1.82, 2.24) is 0 Å². The minimum absolute atomic E-state index is 1.24. The molecule has 7 aromatic rings. The van der Waals surface area contributed by atoms with Crippen LogP contribution in [0.15, 0.2) is 146 Å². The van der Waals surface area contributed by atoms with Gasteiger partial charge in [-0.25, -0.2) is 0 Å². The van der Waals surface area contributed by atoms with Gasteiger partial charge in [0.2, 0.25) is 0 Å². The molecule has 0 bridgehead atoms. The lowest BCUT2D eigenvalue weighted by Gasteiger charge is -2.14. The monoisotopic (exact) mass is 456 g/mol. The van der Waals surface area contributed by atoms with Gasteiger partial charge in [0.15, 0.2) is 0 Å². The van der Waals surface area contributed by atoms with E-state index < -0.39 is 0 Å². The van der Waals surface area contributed by atoms with E-state index in [0.29, 0.717) is 0 Å². The van der Waals surface area contributed by atoms with Gasteiger partial charge in [0, 0.05) is 0 Å². The number of benzene rings is 7. The molecular formula is C36H24. The largest absolute Gasteiger partial charge is 0.0622 e. The summed E-state index contributed by atoms with van der Waals surface area (Å²) in [6, 6.07) is 52.8. The summed E-state index contributed by atoms with van der Waals surface area (Å²) in [5.41, 5.74) is 7.49. The molecule has 0 amide bonds. The molecule has 7 aromatic carbocycles. The molecular weight excluding hydrogens is 432 g/mol. The van der Waals surface area contributed by atoms with Crippen LogP contribution in [0.2, 0.25) is 0 Å². The number of hydrogen-bond acceptors (Lipinski definition) is 0. The lowest BCUT2D eigenvalue weighted by Crippen LogP contribution is -1.88. The average molecular weight is 457 g/mol. The van der Waals surface area contributed by atoms with E-state index in [1.807, 2.05) is 0 Å². The van der Waals surface area contributed by atoms with Crippen LogP contribution in [0.25, 0.3) is 65.7 Å². The summed E-state index contributed by atoms with van der Waals surface area (Å²) in [6.45, 7) is 0. The van der Waals surface area contributed by atoms with E-state index in [-0.39, 0.29) is 0 Å². The van der Waals surface area contributed by atoms with Gasteiger partial charge in [-0.3, -0.25) is 0 Å². The maximum atomic E-state index is 2.36. The minimum atomic E-state index is 1.24. The molecule has 0 spiro atoms. The zero-order valence-electron chi connectivity index (χ0n) is 19.9. The van der Waals surface area contributed by atoms with Crippen LogP contribution in [0, 0.1) is 0 Å². The first kappa shape index (κ1) is 20.7. The van der Waals surface area contributed by atoms with E-state index >= 15 is 0 Å². The fraction of sp³-hybridized carbons (Fsp3) is 0. The van der Waals surface area contributed by atoms with Crippen molar-refractivity contribution in [2.24, 2.45) is 0 Å². The van der Waals surface area contributed by atoms with Crippen molar-refractivity contribution in [3.05, 3.63) is 146 Å².